The highest BCUT2D eigenvalue weighted by molar-refractivity contribution is 7.68. The van der Waals surface area contributed by atoms with Gasteiger partial charge in [0.05, 0.1) is 19.8 Å². The Morgan fingerprint density at radius 3 is 2.53 bits per heavy atom. The number of hydrogen-bond acceptors (Lipinski definition) is 4. The molecule has 1 heterocycles. The standard InChI is InChI=1S/C12H17O4P/c1-12(10-15-8-9-16-12)17(13,14-2)11-6-4-3-5-7-11/h3-7H,8-10H2,1-2H3. The van der Waals surface area contributed by atoms with Crippen LogP contribution < -0.4 is 5.30 Å². The molecule has 0 saturated carbocycles. The molecular weight excluding hydrogens is 239 g/mol. The second-order valence-electron chi connectivity index (χ2n) is 4.15. The zero-order valence-corrected chi connectivity index (χ0v) is 11.0. The molecule has 5 heteroatoms. The van der Waals surface area contributed by atoms with Gasteiger partial charge in [0.1, 0.15) is 0 Å². The third-order valence-corrected chi connectivity index (χ3v) is 5.98. The highest BCUT2D eigenvalue weighted by atomic mass is 31.2. The van der Waals surface area contributed by atoms with Crippen LogP contribution in [0.25, 0.3) is 0 Å². The lowest BCUT2D eigenvalue weighted by atomic mass is 10.4. The van der Waals surface area contributed by atoms with Gasteiger partial charge in [-0.15, -0.1) is 0 Å². The van der Waals surface area contributed by atoms with E-state index in [1.165, 1.54) is 7.11 Å². The van der Waals surface area contributed by atoms with Crippen molar-refractivity contribution in [2.75, 3.05) is 26.9 Å². The Bertz CT molecular complexity index is 412. The third-order valence-electron chi connectivity index (χ3n) is 2.99. The molecule has 17 heavy (non-hydrogen) atoms. The predicted molar refractivity (Wildman–Crippen MR) is 65.9 cm³/mol. The van der Waals surface area contributed by atoms with Gasteiger partial charge in [-0.05, 0) is 19.1 Å². The van der Waals surface area contributed by atoms with Gasteiger partial charge in [0.25, 0.3) is 7.37 Å². The van der Waals surface area contributed by atoms with Gasteiger partial charge in [0, 0.05) is 12.4 Å². The van der Waals surface area contributed by atoms with Crippen molar-refractivity contribution in [2.45, 2.75) is 12.3 Å². The molecule has 0 aromatic heterocycles. The third kappa shape index (κ3) is 2.18. The van der Waals surface area contributed by atoms with Gasteiger partial charge in [-0.1, -0.05) is 18.2 Å². The lowest BCUT2D eigenvalue weighted by Crippen LogP contribution is -2.43. The SMILES string of the molecule is COP(=O)(c1ccccc1)C1(C)COCCO1. The largest absolute Gasteiger partial charge is 0.375 e. The van der Waals surface area contributed by atoms with Crippen molar-refractivity contribution in [2.24, 2.45) is 0 Å². The molecule has 0 aliphatic carbocycles. The fourth-order valence-electron chi connectivity index (χ4n) is 1.99. The van der Waals surface area contributed by atoms with Crippen LogP contribution in [0.1, 0.15) is 6.92 Å². The van der Waals surface area contributed by atoms with E-state index in [1.807, 2.05) is 18.2 Å². The summed E-state index contributed by atoms with van der Waals surface area (Å²) in [5.41, 5.74) is 0. The Balaban J connectivity index is 2.40. The van der Waals surface area contributed by atoms with E-state index in [2.05, 4.69) is 0 Å². The Morgan fingerprint density at radius 1 is 1.29 bits per heavy atom. The number of ether oxygens (including phenoxy) is 2. The van der Waals surface area contributed by atoms with Crippen LogP contribution in [0.3, 0.4) is 0 Å². The summed E-state index contributed by atoms with van der Waals surface area (Å²) in [7, 11) is -1.63. The molecule has 2 rings (SSSR count). The maximum Gasteiger partial charge on any atom is 0.264 e. The van der Waals surface area contributed by atoms with Crippen molar-refractivity contribution in [1.82, 2.24) is 0 Å². The molecular formula is C12H17O4P. The molecule has 1 saturated heterocycles. The summed E-state index contributed by atoms with van der Waals surface area (Å²) in [5.74, 6) is 0. The van der Waals surface area contributed by atoms with E-state index in [1.54, 1.807) is 19.1 Å². The van der Waals surface area contributed by atoms with Crippen molar-refractivity contribution in [3.63, 3.8) is 0 Å². The molecule has 0 amide bonds. The van der Waals surface area contributed by atoms with E-state index >= 15 is 0 Å². The molecule has 0 radical (unpaired) electrons. The summed E-state index contributed by atoms with van der Waals surface area (Å²) < 4.78 is 29.4. The number of benzene rings is 1. The molecule has 2 atom stereocenters. The van der Waals surface area contributed by atoms with E-state index in [0.29, 0.717) is 18.5 Å². The zero-order chi connectivity index (χ0) is 12.4. The number of hydrogen-bond donors (Lipinski definition) is 0. The normalized spacial score (nSPS) is 28.6. The van der Waals surface area contributed by atoms with Crippen LogP contribution >= 0.6 is 7.37 Å². The first-order chi connectivity index (χ1) is 8.12. The van der Waals surface area contributed by atoms with Crippen LogP contribution in [0.4, 0.5) is 0 Å². The summed E-state index contributed by atoms with van der Waals surface area (Å²) in [6.45, 7) is 3.04. The maximum absolute atomic E-state index is 13.0. The molecule has 2 unspecified atom stereocenters. The van der Waals surface area contributed by atoms with Gasteiger partial charge in [-0.3, -0.25) is 4.57 Å². The summed E-state index contributed by atoms with van der Waals surface area (Å²) in [6, 6.07) is 9.16. The van der Waals surface area contributed by atoms with Crippen LogP contribution in [0.2, 0.25) is 0 Å². The van der Waals surface area contributed by atoms with Gasteiger partial charge in [-0.25, -0.2) is 0 Å². The minimum absolute atomic E-state index is 0.285. The lowest BCUT2D eigenvalue weighted by molar-refractivity contribution is -0.108. The first kappa shape index (κ1) is 12.8. The van der Waals surface area contributed by atoms with E-state index in [9.17, 15) is 4.57 Å². The molecule has 1 aromatic rings. The van der Waals surface area contributed by atoms with Gasteiger partial charge < -0.3 is 14.0 Å². The quantitative estimate of drug-likeness (QED) is 0.776. The van der Waals surface area contributed by atoms with Crippen molar-refractivity contribution in [3.05, 3.63) is 30.3 Å². The van der Waals surface area contributed by atoms with Gasteiger partial charge in [0.15, 0.2) is 5.34 Å². The van der Waals surface area contributed by atoms with Gasteiger partial charge in [0.2, 0.25) is 0 Å². The smallest absolute Gasteiger partial charge is 0.264 e. The minimum Gasteiger partial charge on any atom is -0.375 e. The molecule has 0 N–H and O–H groups in total. The van der Waals surface area contributed by atoms with Crippen LogP contribution in [-0.4, -0.2) is 32.3 Å². The maximum atomic E-state index is 13.0. The fourth-order valence-corrected chi connectivity index (χ4v) is 4.22. The van der Waals surface area contributed by atoms with Crippen molar-refractivity contribution < 1.29 is 18.6 Å². The first-order valence-corrected chi connectivity index (χ1v) is 7.18. The van der Waals surface area contributed by atoms with E-state index in [0.717, 1.165) is 0 Å². The molecule has 4 nitrogen and oxygen atoms in total. The van der Waals surface area contributed by atoms with Crippen LogP contribution in [-0.2, 0) is 18.6 Å². The molecule has 0 bridgehead atoms. The summed E-state index contributed by atoms with van der Waals surface area (Å²) in [4.78, 5) is 0. The Hall–Kier alpha value is -0.670. The number of rotatable bonds is 3. The second-order valence-corrected chi connectivity index (χ2v) is 7.08. The summed E-state index contributed by atoms with van der Waals surface area (Å²) >= 11 is 0. The molecule has 1 aliphatic rings. The van der Waals surface area contributed by atoms with Gasteiger partial charge in [-0.2, -0.15) is 0 Å². The Labute approximate surface area is 101 Å². The summed E-state index contributed by atoms with van der Waals surface area (Å²) in [5, 5.41) is -0.239. The molecule has 0 spiro atoms. The van der Waals surface area contributed by atoms with Crippen LogP contribution in [0.5, 0.6) is 0 Å². The molecule has 1 fully saturated rings. The zero-order valence-electron chi connectivity index (χ0n) is 10.1. The van der Waals surface area contributed by atoms with Crippen LogP contribution in [0, 0.1) is 0 Å². The monoisotopic (exact) mass is 256 g/mol. The molecule has 94 valence electrons. The highest BCUT2D eigenvalue weighted by Gasteiger charge is 2.49. The topological polar surface area (TPSA) is 44.8 Å². The molecule has 1 aromatic carbocycles. The van der Waals surface area contributed by atoms with E-state index in [-0.39, 0.29) is 6.61 Å². The van der Waals surface area contributed by atoms with E-state index in [4.69, 9.17) is 14.0 Å². The Kier molecular flexibility index (Phi) is 3.69. The fraction of sp³-hybridized carbons (Fsp3) is 0.500. The Morgan fingerprint density at radius 2 is 2.00 bits per heavy atom. The van der Waals surface area contributed by atoms with Crippen molar-refractivity contribution in [1.29, 1.82) is 0 Å². The van der Waals surface area contributed by atoms with Crippen molar-refractivity contribution in [3.8, 4) is 0 Å². The second kappa shape index (κ2) is 4.91. The molecule has 1 aliphatic heterocycles. The van der Waals surface area contributed by atoms with Crippen molar-refractivity contribution >= 4 is 12.7 Å². The van der Waals surface area contributed by atoms with Gasteiger partial charge >= 0.3 is 0 Å². The predicted octanol–water partition coefficient (Wildman–Crippen LogP) is 2.00. The highest BCUT2D eigenvalue weighted by Crippen LogP contribution is 2.58. The average Bonchev–Trinajstić information content (AvgIpc) is 2.39. The van der Waals surface area contributed by atoms with E-state index < -0.39 is 12.7 Å². The van der Waals surface area contributed by atoms with Crippen LogP contribution in [0.15, 0.2) is 30.3 Å². The lowest BCUT2D eigenvalue weighted by Gasteiger charge is -2.38. The minimum atomic E-state index is -3.09. The first-order valence-electron chi connectivity index (χ1n) is 5.55. The summed E-state index contributed by atoms with van der Waals surface area (Å²) in [6.07, 6.45) is 0. The average molecular weight is 256 g/mol.